The van der Waals surface area contributed by atoms with Crippen molar-refractivity contribution >= 4 is 5.97 Å². The van der Waals surface area contributed by atoms with Crippen molar-refractivity contribution in [3.8, 4) is 11.5 Å². The second-order valence-corrected chi connectivity index (χ2v) is 4.13. The van der Waals surface area contributed by atoms with Crippen LogP contribution in [0, 0.1) is 5.92 Å². The van der Waals surface area contributed by atoms with Crippen LogP contribution < -0.4 is 9.47 Å². The average Bonchev–Trinajstić information content (AvgIpc) is 2.35. The number of carboxylic acids is 1. The molecule has 0 amide bonds. The summed E-state index contributed by atoms with van der Waals surface area (Å²) >= 11 is 0. The Bertz CT molecular complexity index is 414. The Kier molecular flexibility index (Phi) is 3.52. The van der Waals surface area contributed by atoms with Crippen LogP contribution in [0.3, 0.4) is 0 Å². The van der Waals surface area contributed by atoms with E-state index in [1.54, 1.807) is 0 Å². The van der Waals surface area contributed by atoms with E-state index in [0.717, 1.165) is 11.3 Å². The minimum Gasteiger partial charge on any atom is -0.486 e. The average molecular weight is 236 g/mol. The van der Waals surface area contributed by atoms with Crippen LogP contribution in [0.1, 0.15) is 18.9 Å². The Morgan fingerprint density at radius 2 is 2.06 bits per heavy atom. The van der Waals surface area contributed by atoms with Crippen molar-refractivity contribution in [1.29, 1.82) is 0 Å². The maximum Gasteiger partial charge on any atom is 0.306 e. The number of aliphatic carboxylic acids is 1. The Hall–Kier alpha value is -1.71. The molecule has 0 saturated heterocycles. The zero-order valence-corrected chi connectivity index (χ0v) is 9.81. The molecule has 0 bridgehead atoms. The van der Waals surface area contributed by atoms with E-state index in [1.807, 2.05) is 25.1 Å². The van der Waals surface area contributed by atoms with Gasteiger partial charge in [0.1, 0.15) is 13.2 Å². The van der Waals surface area contributed by atoms with Gasteiger partial charge in [0.25, 0.3) is 0 Å². The second kappa shape index (κ2) is 5.08. The largest absolute Gasteiger partial charge is 0.486 e. The van der Waals surface area contributed by atoms with Gasteiger partial charge in [0.15, 0.2) is 11.5 Å². The first-order chi connectivity index (χ1) is 8.20. The SMILES string of the molecule is CCC(Cc1ccc2c(c1)OCCO2)C(=O)O. The molecule has 4 heteroatoms. The molecule has 1 aromatic rings. The highest BCUT2D eigenvalue weighted by Crippen LogP contribution is 2.31. The van der Waals surface area contributed by atoms with Crippen LogP contribution >= 0.6 is 0 Å². The van der Waals surface area contributed by atoms with E-state index in [-0.39, 0.29) is 5.92 Å². The highest BCUT2D eigenvalue weighted by Gasteiger charge is 2.17. The molecule has 1 heterocycles. The lowest BCUT2D eigenvalue weighted by Gasteiger charge is -2.19. The molecule has 0 spiro atoms. The summed E-state index contributed by atoms with van der Waals surface area (Å²) in [5.41, 5.74) is 0.975. The number of carboxylic acid groups (broad SMARTS) is 1. The number of hydrogen-bond donors (Lipinski definition) is 1. The fraction of sp³-hybridized carbons (Fsp3) is 0.462. The standard InChI is InChI=1S/C13H16O4/c1-2-10(13(14)15)7-9-3-4-11-12(8-9)17-6-5-16-11/h3-4,8,10H,2,5-7H2,1H3,(H,14,15). The van der Waals surface area contributed by atoms with Crippen molar-refractivity contribution in [1.82, 2.24) is 0 Å². The van der Waals surface area contributed by atoms with E-state index in [9.17, 15) is 4.79 Å². The molecule has 1 N–H and O–H groups in total. The molecule has 0 aromatic heterocycles. The quantitative estimate of drug-likeness (QED) is 0.869. The summed E-state index contributed by atoms with van der Waals surface area (Å²) in [4.78, 5) is 11.0. The van der Waals surface area contributed by atoms with Crippen molar-refractivity contribution < 1.29 is 19.4 Å². The first-order valence-corrected chi connectivity index (χ1v) is 5.82. The predicted molar refractivity (Wildman–Crippen MR) is 62.6 cm³/mol. The van der Waals surface area contributed by atoms with Gasteiger partial charge in [0, 0.05) is 0 Å². The van der Waals surface area contributed by atoms with E-state index in [0.29, 0.717) is 31.8 Å². The summed E-state index contributed by atoms with van der Waals surface area (Å²) in [6.07, 6.45) is 1.16. The van der Waals surface area contributed by atoms with Crippen LogP contribution in [0.15, 0.2) is 18.2 Å². The predicted octanol–water partition coefficient (Wildman–Crippen LogP) is 2.11. The second-order valence-electron chi connectivity index (χ2n) is 4.13. The molecular weight excluding hydrogens is 220 g/mol. The fourth-order valence-corrected chi connectivity index (χ4v) is 1.91. The van der Waals surface area contributed by atoms with Crippen molar-refractivity contribution in [2.75, 3.05) is 13.2 Å². The van der Waals surface area contributed by atoms with Crippen LogP contribution in [0.4, 0.5) is 0 Å². The zero-order chi connectivity index (χ0) is 12.3. The van der Waals surface area contributed by atoms with Gasteiger partial charge in [-0.05, 0) is 30.5 Å². The number of ether oxygens (including phenoxy) is 2. The summed E-state index contributed by atoms with van der Waals surface area (Å²) in [5.74, 6) is 0.373. The van der Waals surface area contributed by atoms with Gasteiger partial charge in [-0.25, -0.2) is 0 Å². The molecular formula is C13H16O4. The Morgan fingerprint density at radius 3 is 2.71 bits per heavy atom. The summed E-state index contributed by atoms with van der Waals surface area (Å²) in [7, 11) is 0. The highest BCUT2D eigenvalue weighted by atomic mass is 16.6. The van der Waals surface area contributed by atoms with Crippen molar-refractivity contribution in [3.05, 3.63) is 23.8 Å². The first kappa shape index (κ1) is 11.8. The maximum absolute atomic E-state index is 11.0. The van der Waals surface area contributed by atoms with Gasteiger partial charge < -0.3 is 14.6 Å². The van der Waals surface area contributed by atoms with E-state index in [2.05, 4.69) is 0 Å². The van der Waals surface area contributed by atoms with E-state index < -0.39 is 5.97 Å². The molecule has 17 heavy (non-hydrogen) atoms. The van der Waals surface area contributed by atoms with Gasteiger partial charge in [-0.1, -0.05) is 13.0 Å². The third-order valence-corrected chi connectivity index (χ3v) is 2.93. The summed E-state index contributed by atoms with van der Waals surface area (Å²) < 4.78 is 10.9. The third-order valence-electron chi connectivity index (χ3n) is 2.93. The Labute approximate surface area is 100 Å². The van der Waals surface area contributed by atoms with Crippen LogP contribution in [0.2, 0.25) is 0 Å². The molecule has 0 radical (unpaired) electrons. The monoisotopic (exact) mass is 236 g/mol. The van der Waals surface area contributed by atoms with Crippen LogP contribution in [-0.4, -0.2) is 24.3 Å². The maximum atomic E-state index is 11.0. The summed E-state index contributed by atoms with van der Waals surface area (Å²) in [5, 5.41) is 9.02. The number of hydrogen-bond acceptors (Lipinski definition) is 3. The molecule has 1 aliphatic heterocycles. The topological polar surface area (TPSA) is 55.8 Å². The van der Waals surface area contributed by atoms with Crippen LogP contribution in [0.5, 0.6) is 11.5 Å². The number of benzene rings is 1. The molecule has 0 saturated carbocycles. The smallest absolute Gasteiger partial charge is 0.306 e. The van der Waals surface area contributed by atoms with Gasteiger partial charge in [0.2, 0.25) is 0 Å². The number of carbonyl (C=O) groups is 1. The van der Waals surface area contributed by atoms with Gasteiger partial charge in [-0.3, -0.25) is 4.79 Å². The van der Waals surface area contributed by atoms with Gasteiger partial charge in [-0.15, -0.1) is 0 Å². The lowest BCUT2D eigenvalue weighted by atomic mass is 9.97. The molecule has 4 nitrogen and oxygen atoms in total. The summed E-state index contributed by atoms with van der Waals surface area (Å²) in [6.45, 7) is 3.00. The van der Waals surface area contributed by atoms with Gasteiger partial charge in [-0.2, -0.15) is 0 Å². The molecule has 1 atom stereocenters. The minimum atomic E-state index is -0.748. The Morgan fingerprint density at radius 1 is 1.35 bits per heavy atom. The van der Waals surface area contributed by atoms with Crippen molar-refractivity contribution in [2.45, 2.75) is 19.8 Å². The molecule has 0 fully saturated rings. The molecule has 2 rings (SSSR count). The fourth-order valence-electron chi connectivity index (χ4n) is 1.91. The zero-order valence-electron chi connectivity index (χ0n) is 9.81. The van der Waals surface area contributed by atoms with Crippen LogP contribution in [-0.2, 0) is 11.2 Å². The first-order valence-electron chi connectivity index (χ1n) is 5.82. The van der Waals surface area contributed by atoms with Gasteiger partial charge >= 0.3 is 5.97 Å². The highest BCUT2D eigenvalue weighted by molar-refractivity contribution is 5.70. The number of rotatable bonds is 4. The molecule has 1 unspecified atom stereocenters. The molecule has 92 valence electrons. The van der Waals surface area contributed by atoms with Crippen molar-refractivity contribution in [2.24, 2.45) is 5.92 Å². The lowest BCUT2D eigenvalue weighted by molar-refractivity contribution is -0.141. The molecule has 1 aromatic carbocycles. The molecule has 1 aliphatic rings. The minimum absolute atomic E-state index is 0.336. The van der Waals surface area contributed by atoms with E-state index >= 15 is 0 Å². The third kappa shape index (κ3) is 2.70. The Balaban J connectivity index is 2.14. The van der Waals surface area contributed by atoms with Crippen LogP contribution in [0.25, 0.3) is 0 Å². The van der Waals surface area contributed by atoms with E-state index in [1.165, 1.54) is 0 Å². The van der Waals surface area contributed by atoms with E-state index in [4.69, 9.17) is 14.6 Å². The lowest BCUT2D eigenvalue weighted by Crippen LogP contribution is -2.17. The van der Waals surface area contributed by atoms with Crippen molar-refractivity contribution in [3.63, 3.8) is 0 Å². The normalized spacial score (nSPS) is 15.4. The summed E-state index contributed by atoms with van der Waals surface area (Å²) in [6, 6.07) is 5.62. The van der Waals surface area contributed by atoms with Gasteiger partial charge in [0.05, 0.1) is 5.92 Å². The number of fused-ring (bicyclic) bond motifs is 1. The molecule has 0 aliphatic carbocycles.